The number of carbonyl (C=O) groups excluding carboxylic acids is 6. The Bertz CT molecular complexity index is 1780. The molecule has 0 saturated heterocycles. The van der Waals surface area contributed by atoms with E-state index in [4.69, 9.17) is 18.9 Å². The fraction of sp³-hybridized carbons (Fsp3) is 0.500. The van der Waals surface area contributed by atoms with Crippen molar-refractivity contribution >= 4 is 46.7 Å². The van der Waals surface area contributed by atoms with Crippen LogP contribution >= 0.6 is 0 Å². The van der Waals surface area contributed by atoms with Gasteiger partial charge in [0, 0.05) is 34.7 Å². The first kappa shape index (κ1) is 43.0. The highest BCUT2D eigenvalue weighted by molar-refractivity contribution is 6.41. The molecule has 0 aliphatic heterocycles. The smallest absolute Gasteiger partial charge is 0.326 e. The number of allylic oxidation sites excluding steroid dienone is 6. The van der Waals surface area contributed by atoms with Crippen LogP contribution in [0.5, 0.6) is 5.75 Å². The van der Waals surface area contributed by atoms with Crippen LogP contribution in [0.25, 0.3) is 5.57 Å². The maximum atomic E-state index is 13.5. The molecule has 3 rings (SSSR count). The molecule has 2 aliphatic rings. The number of anilines is 1. The summed E-state index contributed by atoms with van der Waals surface area (Å²) in [5, 5.41) is 22.1. The summed E-state index contributed by atoms with van der Waals surface area (Å²) in [5.41, 5.74) is -3.54. The molecule has 0 radical (unpaired) electrons. The molecule has 0 fully saturated rings. The summed E-state index contributed by atoms with van der Waals surface area (Å²) in [4.78, 5) is 80.4. The Morgan fingerprint density at radius 1 is 0.593 bits per heavy atom. The molecule has 54 heavy (non-hydrogen) atoms. The third kappa shape index (κ3) is 12.3. The topological polar surface area (TPSA) is 186 Å². The van der Waals surface area contributed by atoms with Gasteiger partial charge < -0.3 is 39.0 Å². The quantitative estimate of drug-likeness (QED) is 0.174. The number of ether oxygens (including phenoxy) is 4. The molecule has 1 aromatic rings. The monoisotopic (exact) mass is 752 g/mol. The summed E-state index contributed by atoms with van der Waals surface area (Å²) in [6, 6.07) is 4.02. The summed E-state index contributed by atoms with van der Waals surface area (Å²) < 4.78 is 21.7. The lowest BCUT2D eigenvalue weighted by molar-refractivity contribution is -0.159. The van der Waals surface area contributed by atoms with Gasteiger partial charge in [-0.2, -0.15) is 0 Å². The largest absolute Gasteiger partial charge is 0.507 e. The van der Waals surface area contributed by atoms with Crippen molar-refractivity contribution in [3.8, 4) is 5.75 Å². The van der Waals surface area contributed by atoms with Crippen LogP contribution in [0.2, 0.25) is 0 Å². The van der Waals surface area contributed by atoms with Gasteiger partial charge >= 0.3 is 23.9 Å². The number of hydrogen-bond acceptors (Lipinski definition) is 14. The second-order valence-electron chi connectivity index (χ2n) is 16.9. The number of aliphatic hydroxyl groups excluding tert-OH is 1. The zero-order chi connectivity index (χ0) is 41.1. The third-order valence-corrected chi connectivity index (χ3v) is 7.10. The van der Waals surface area contributed by atoms with Crippen LogP contribution in [0.4, 0.5) is 5.69 Å². The van der Waals surface area contributed by atoms with Gasteiger partial charge in [-0.15, -0.1) is 0 Å². The van der Waals surface area contributed by atoms with E-state index in [1.54, 1.807) is 83.1 Å². The van der Waals surface area contributed by atoms with E-state index in [9.17, 15) is 39.0 Å². The Labute approximate surface area is 316 Å². The fourth-order valence-electron chi connectivity index (χ4n) is 5.34. The predicted molar refractivity (Wildman–Crippen MR) is 199 cm³/mol. The Hall–Kier alpha value is -5.40. The van der Waals surface area contributed by atoms with Gasteiger partial charge in [-0.25, -0.2) is 0 Å². The molecule has 0 unspecified atom stereocenters. The van der Waals surface area contributed by atoms with Gasteiger partial charge in [0.15, 0.2) is 5.78 Å². The highest BCUT2D eigenvalue weighted by atomic mass is 16.6. The lowest BCUT2D eigenvalue weighted by atomic mass is 9.79. The number of ketones is 2. The van der Waals surface area contributed by atoms with Crippen molar-refractivity contribution < 1.29 is 57.9 Å². The van der Waals surface area contributed by atoms with E-state index >= 15 is 0 Å². The van der Waals surface area contributed by atoms with Gasteiger partial charge in [0.1, 0.15) is 60.1 Å². The number of aliphatic hydroxyl groups is 1. The van der Waals surface area contributed by atoms with Crippen molar-refractivity contribution in [3.05, 3.63) is 64.6 Å². The van der Waals surface area contributed by atoms with Crippen molar-refractivity contribution in [2.75, 3.05) is 31.1 Å². The van der Waals surface area contributed by atoms with Crippen molar-refractivity contribution in [1.29, 1.82) is 0 Å². The van der Waals surface area contributed by atoms with Crippen LogP contribution in [-0.2, 0) is 47.7 Å². The number of carbonyl (C=O) groups is 6. The molecule has 0 amide bonds. The molecule has 0 aromatic heterocycles. The molecule has 0 spiro atoms. The van der Waals surface area contributed by atoms with Crippen molar-refractivity contribution in [2.45, 2.75) is 105 Å². The van der Waals surface area contributed by atoms with E-state index in [1.165, 1.54) is 40.2 Å². The number of phenolic OH excluding ortho intramolecular Hbond substituents is 1. The predicted octanol–water partition coefficient (Wildman–Crippen LogP) is 5.04. The van der Waals surface area contributed by atoms with E-state index in [1.807, 2.05) is 0 Å². The number of benzene rings is 1. The van der Waals surface area contributed by atoms with Gasteiger partial charge in [-0.3, -0.25) is 28.8 Å². The molecular formula is C40H52N2O12. The summed E-state index contributed by atoms with van der Waals surface area (Å²) in [5.74, 6) is -4.97. The van der Waals surface area contributed by atoms with Gasteiger partial charge in [0.2, 0.25) is 5.78 Å². The van der Waals surface area contributed by atoms with Crippen LogP contribution in [0, 0.1) is 0 Å². The van der Waals surface area contributed by atoms with Crippen LogP contribution in [-0.4, -0.2) is 99.1 Å². The van der Waals surface area contributed by atoms with E-state index in [2.05, 4.69) is 0 Å². The van der Waals surface area contributed by atoms with Gasteiger partial charge in [-0.1, -0.05) is 0 Å². The number of Topliss-reactive ketones (excluding diaryl/α,β-unsaturated/α-hetero) is 1. The minimum atomic E-state index is -0.806. The second kappa shape index (κ2) is 15.9. The highest BCUT2D eigenvalue weighted by Crippen LogP contribution is 2.43. The zero-order valence-corrected chi connectivity index (χ0v) is 33.2. The third-order valence-electron chi connectivity index (χ3n) is 7.10. The summed E-state index contributed by atoms with van der Waals surface area (Å²) in [6.07, 6.45) is 3.85. The van der Waals surface area contributed by atoms with E-state index in [0.717, 1.165) is 6.08 Å². The van der Waals surface area contributed by atoms with Gasteiger partial charge in [0.25, 0.3) is 0 Å². The van der Waals surface area contributed by atoms with Gasteiger partial charge in [-0.05, 0) is 107 Å². The Kier molecular flexibility index (Phi) is 12.7. The maximum Gasteiger partial charge on any atom is 0.326 e. The second-order valence-corrected chi connectivity index (χ2v) is 16.9. The maximum absolute atomic E-state index is 13.5. The number of nitrogens with zero attached hydrogens (tertiary/aromatic N) is 2. The average molecular weight is 753 g/mol. The molecule has 0 heterocycles. The molecule has 2 N–H and O–H groups in total. The van der Waals surface area contributed by atoms with Crippen LogP contribution in [0.3, 0.4) is 0 Å². The minimum Gasteiger partial charge on any atom is -0.507 e. The molecule has 14 heteroatoms. The minimum absolute atomic E-state index is 0.0514. The molecule has 14 nitrogen and oxygen atoms in total. The van der Waals surface area contributed by atoms with Crippen molar-refractivity contribution in [2.24, 2.45) is 0 Å². The molecule has 2 aliphatic carbocycles. The first-order chi connectivity index (χ1) is 24.5. The fourth-order valence-corrected chi connectivity index (χ4v) is 5.34. The lowest BCUT2D eigenvalue weighted by Crippen LogP contribution is -2.40. The summed E-state index contributed by atoms with van der Waals surface area (Å²) >= 11 is 0. The lowest BCUT2D eigenvalue weighted by Gasteiger charge is -2.30. The van der Waals surface area contributed by atoms with Crippen molar-refractivity contribution in [3.63, 3.8) is 0 Å². The Morgan fingerprint density at radius 2 is 1.00 bits per heavy atom. The van der Waals surface area contributed by atoms with E-state index in [-0.39, 0.29) is 59.8 Å². The first-order valence-electron chi connectivity index (χ1n) is 17.4. The van der Waals surface area contributed by atoms with Crippen LogP contribution < -0.4 is 4.90 Å². The Morgan fingerprint density at radius 3 is 1.35 bits per heavy atom. The molecule has 0 atom stereocenters. The van der Waals surface area contributed by atoms with E-state index in [0.29, 0.717) is 0 Å². The number of aromatic hydroxyl groups is 1. The first-order valence-corrected chi connectivity index (χ1v) is 17.4. The number of esters is 4. The zero-order valence-electron chi connectivity index (χ0n) is 33.2. The number of hydrogen-bond donors (Lipinski definition) is 2. The molecule has 294 valence electrons. The molecule has 0 saturated carbocycles. The Balaban J connectivity index is 1.93. The normalized spacial score (nSPS) is 16.3. The molecular weight excluding hydrogens is 700 g/mol. The standard InChI is InChI=1S/C40H52N2O12/c1-37(2,3)51-29(45)19-41(20-30(46)52-38(4,5)6)23-13-15-25(27(43)17-23)33-35(49)34(36(33)50)26-16-14-24(18-28(26)44)42(21-31(47)53-39(7,8)9)22-32(48)54-40(10,11)12/h13-18,43,49H,19-22H2,1-12H3/b34-26-. The van der Waals surface area contributed by atoms with Gasteiger partial charge in [0.05, 0.1) is 11.1 Å². The van der Waals surface area contributed by atoms with E-state index < -0.39 is 69.4 Å². The van der Waals surface area contributed by atoms with Crippen LogP contribution in [0.1, 0.15) is 88.6 Å². The average Bonchev–Trinajstić information content (AvgIpc) is 2.94. The number of phenols is 1. The van der Waals surface area contributed by atoms with Crippen molar-refractivity contribution in [1.82, 2.24) is 4.90 Å². The molecule has 0 bridgehead atoms. The SMILES string of the molecule is CC(C)(C)OC(=O)CN(CC(=O)OC(C)(C)C)C1=CC(=O)/C(=C2\C(=O)C(c3ccc(N(CC(=O)OC(C)(C)C)CC(=O)OC(C)(C)C)cc3O)=C2O)C=C1. The summed E-state index contributed by atoms with van der Waals surface area (Å²) in [7, 11) is 0. The summed E-state index contributed by atoms with van der Waals surface area (Å²) in [6.45, 7) is 18.8. The van der Waals surface area contributed by atoms with Crippen LogP contribution in [0.15, 0.2) is 59.0 Å². The molecule has 1 aromatic carbocycles. The number of rotatable bonds is 11. The highest BCUT2D eigenvalue weighted by Gasteiger charge is 2.40.